The molecule has 4 rings (SSSR count). The molecule has 26 heavy (non-hydrogen) atoms. The highest BCUT2D eigenvalue weighted by atomic mass is 35.5. The van der Waals surface area contributed by atoms with Gasteiger partial charge in [0.05, 0.1) is 16.5 Å². The number of hydrogen-bond acceptors (Lipinski definition) is 5. The summed E-state index contributed by atoms with van der Waals surface area (Å²) in [6.07, 6.45) is 2.96. The van der Waals surface area contributed by atoms with E-state index in [-0.39, 0.29) is 18.2 Å². The summed E-state index contributed by atoms with van der Waals surface area (Å²) >= 11 is 7.09. The minimum Gasteiger partial charge on any atom is -0.274 e. The number of carbonyl (C=O) groups is 2. The van der Waals surface area contributed by atoms with Crippen LogP contribution in [0.5, 0.6) is 0 Å². The van der Waals surface area contributed by atoms with Crippen LogP contribution in [0, 0.1) is 11.3 Å². The van der Waals surface area contributed by atoms with Crippen molar-refractivity contribution in [2.24, 2.45) is 0 Å². The molecule has 1 fully saturated rings. The van der Waals surface area contributed by atoms with Crippen LogP contribution >= 0.6 is 23.4 Å². The minimum absolute atomic E-state index is 0.0930. The molecule has 0 spiro atoms. The third-order valence-electron chi connectivity index (χ3n) is 4.58. The van der Waals surface area contributed by atoms with Gasteiger partial charge in [0, 0.05) is 17.1 Å². The molecule has 2 amide bonds. The number of imide groups is 1. The van der Waals surface area contributed by atoms with Crippen LogP contribution in [0.15, 0.2) is 35.4 Å². The first-order valence-corrected chi connectivity index (χ1v) is 9.54. The van der Waals surface area contributed by atoms with Crippen molar-refractivity contribution in [2.75, 3.05) is 4.90 Å². The van der Waals surface area contributed by atoms with Crippen molar-refractivity contribution in [1.82, 2.24) is 4.98 Å². The van der Waals surface area contributed by atoms with Gasteiger partial charge in [-0.15, -0.1) is 0 Å². The molecule has 1 aliphatic heterocycles. The van der Waals surface area contributed by atoms with Crippen molar-refractivity contribution in [3.05, 3.63) is 52.2 Å². The van der Waals surface area contributed by atoms with Crippen molar-refractivity contribution in [2.45, 2.75) is 36.0 Å². The van der Waals surface area contributed by atoms with E-state index in [0.717, 1.165) is 30.5 Å². The number of rotatable bonds is 3. The van der Waals surface area contributed by atoms with Crippen molar-refractivity contribution in [3.63, 3.8) is 0 Å². The molecule has 2 heterocycles. The molecule has 130 valence electrons. The van der Waals surface area contributed by atoms with Crippen molar-refractivity contribution in [3.8, 4) is 6.07 Å². The van der Waals surface area contributed by atoms with E-state index in [9.17, 15) is 14.9 Å². The second-order valence-corrected chi connectivity index (χ2v) is 7.89. The summed E-state index contributed by atoms with van der Waals surface area (Å²) in [6.45, 7) is 0. The predicted octanol–water partition coefficient (Wildman–Crippen LogP) is 3.52. The lowest BCUT2D eigenvalue weighted by atomic mass is 10.2. The average Bonchev–Trinajstić information content (AvgIpc) is 3.19. The molecule has 1 unspecified atom stereocenters. The van der Waals surface area contributed by atoms with E-state index < -0.39 is 5.25 Å². The van der Waals surface area contributed by atoms with E-state index in [0.29, 0.717) is 21.3 Å². The quantitative estimate of drug-likeness (QED) is 0.758. The summed E-state index contributed by atoms with van der Waals surface area (Å²) in [6, 6.07) is 10.6. The van der Waals surface area contributed by atoms with Gasteiger partial charge in [0.2, 0.25) is 11.8 Å². The summed E-state index contributed by atoms with van der Waals surface area (Å²) in [5.41, 5.74) is 3.09. The van der Waals surface area contributed by atoms with Crippen molar-refractivity contribution < 1.29 is 9.59 Å². The summed E-state index contributed by atoms with van der Waals surface area (Å²) in [7, 11) is 0. The number of aromatic nitrogens is 1. The molecule has 1 aromatic heterocycles. The van der Waals surface area contributed by atoms with Crippen LogP contribution in [-0.4, -0.2) is 22.0 Å². The average molecular weight is 384 g/mol. The fourth-order valence-electron chi connectivity index (χ4n) is 3.32. The lowest BCUT2D eigenvalue weighted by Gasteiger charge is -2.15. The zero-order chi connectivity index (χ0) is 18.3. The van der Waals surface area contributed by atoms with Gasteiger partial charge >= 0.3 is 0 Å². The summed E-state index contributed by atoms with van der Waals surface area (Å²) < 4.78 is 0. The van der Waals surface area contributed by atoms with Gasteiger partial charge in [-0.3, -0.25) is 9.59 Å². The van der Waals surface area contributed by atoms with Gasteiger partial charge in [0.25, 0.3) is 0 Å². The molecule has 0 bridgehead atoms. The molecule has 1 aliphatic carbocycles. The highest BCUT2D eigenvalue weighted by Gasteiger charge is 2.40. The Labute approximate surface area is 160 Å². The van der Waals surface area contributed by atoms with Crippen LogP contribution in [-0.2, 0) is 22.4 Å². The van der Waals surface area contributed by atoms with Gasteiger partial charge in [-0.1, -0.05) is 23.4 Å². The fraction of sp³-hybridized carbons (Fsp3) is 0.263. The molecule has 5 nitrogen and oxygen atoms in total. The lowest BCUT2D eigenvalue weighted by Crippen LogP contribution is -2.31. The Morgan fingerprint density at radius 1 is 1.23 bits per heavy atom. The van der Waals surface area contributed by atoms with Gasteiger partial charge in [-0.25, -0.2) is 9.88 Å². The summed E-state index contributed by atoms with van der Waals surface area (Å²) in [5.74, 6) is -0.539. The maximum atomic E-state index is 12.8. The molecule has 7 heteroatoms. The van der Waals surface area contributed by atoms with Crippen LogP contribution in [0.3, 0.4) is 0 Å². The maximum Gasteiger partial charge on any atom is 0.247 e. The van der Waals surface area contributed by atoms with E-state index in [4.69, 9.17) is 11.6 Å². The number of aryl methyl sites for hydroxylation is 2. The van der Waals surface area contributed by atoms with E-state index in [1.807, 2.05) is 6.07 Å². The number of thioether (sulfide) groups is 1. The lowest BCUT2D eigenvalue weighted by molar-refractivity contribution is -0.121. The SMILES string of the molecule is N#Cc1cc2c(nc1SC1CC(=O)N(c3ccc(Cl)cc3)C1=O)CCC2. The van der Waals surface area contributed by atoms with Gasteiger partial charge in [0.1, 0.15) is 11.1 Å². The number of fused-ring (bicyclic) bond motifs is 1. The van der Waals surface area contributed by atoms with Crippen LogP contribution in [0.25, 0.3) is 0 Å². The normalized spacial score (nSPS) is 18.9. The Hall–Kier alpha value is -2.36. The van der Waals surface area contributed by atoms with Crippen molar-refractivity contribution >= 4 is 40.9 Å². The molecule has 1 aromatic carbocycles. The number of amides is 2. The van der Waals surface area contributed by atoms with Gasteiger partial charge in [-0.2, -0.15) is 5.26 Å². The monoisotopic (exact) mass is 383 g/mol. The van der Waals surface area contributed by atoms with E-state index in [2.05, 4.69) is 11.1 Å². The summed E-state index contributed by atoms with van der Waals surface area (Å²) in [4.78, 5) is 31.0. The zero-order valence-corrected chi connectivity index (χ0v) is 15.3. The first-order valence-electron chi connectivity index (χ1n) is 8.28. The van der Waals surface area contributed by atoms with E-state index >= 15 is 0 Å². The zero-order valence-electron chi connectivity index (χ0n) is 13.7. The van der Waals surface area contributed by atoms with Crippen LogP contribution in [0.2, 0.25) is 5.02 Å². The number of nitrogens with zero attached hydrogens (tertiary/aromatic N) is 3. The number of benzene rings is 1. The number of anilines is 1. The highest BCUT2D eigenvalue weighted by molar-refractivity contribution is 8.00. The van der Waals surface area contributed by atoms with Gasteiger partial charge in [0.15, 0.2) is 0 Å². The molecule has 2 aliphatic rings. The highest BCUT2D eigenvalue weighted by Crippen LogP contribution is 2.36. The molecule has 0 saturated carbocycles. The Morgan fingerprint density at radius 3 is 2.73 bits per heavy atom. The number of pyridine rings is 1. The Balaban J connectivity index is 1.60. The molecule has 1 atom stereocenters. The van der Waals surface area contributed by atoms with Gasteiger partial charge in [-0.05, 0) is 55.2 Å². The first kappa shape index (κ1) is 17.1. The maximum absolute atomic E-state index is 12.8. The second kappa shape index (κ2) is 6.75. The molecular weight excluding hydrogens is 370 g/mol. The molecule has 0 radical (unpaired) electrons. The smallest absolute Gasteiger partial charge is 0.247 e. The second-order valence-electron chi connectivity index (χ2n) is 6.27. The Kier molecular flexibility index (Phi) is 4.43. The molecule has 2 aromatic rings. The molecular formula is C19H14ClN3O2S. The van der Waals surface area contributed by atoms with Crippen LogP contribution < -0.4 is 4.90 Å². The topological polar surface area (TPSA) is 74.1 Å². The third-order valence-corrected chi connectivity index (χ3v) is 6.02. The standard InChI is InChI=1S/C19H14ClN3O2S/c20-13-4-6-14(7-5-13)23-17(24)9-16(19(23)25)26-18-12(10-21)8-11-2-1-3-15(11)22-18/h4-8,16H,1-3,9H2. The van der Waals surface area contributed by atoms with E-state index in [1.165, 1.54) is 16.7 Å². The van der Waals surface area contributed by atoms with E-state index in [1.54, 1.807) is 24.3 Å². The largest absolute Gasteiger partial charge is 0.274 e. The third kappa shape index (κ3) is 2.98. The molecule has 0 N–H and O–H groups in total. The van der Waals surface area contributed by atoms with Crippen LogP contribution in [0.1, 0.15) is 29.7 Å². The minimum atomic E-state index is -0.572. The summed E-state index contributed by atoms with van der Waals surface area (Å²) in [5, 5.41) is 9.93. The predicted molar refractivity (Wildman–Crippen MR) is 99.2 cm³/mol. The van der Waals surface area contributed by atoms with Crippen molar-refractivity contribution in [1.29, 1.82) is 5.26 Å². The fourth-order valence-corrected chi connectivity index (χ4v) is 4.54. The Bertz CT molecular complexity index is 952. The number of carbonyl (C=O) groups excluding carboxylic acids is 2. The first-order chi connectivity index (χ1) is 12.6. The Morgan fingerprint density at radius 2 is 2.00 bits per heavy atom. The number of nitriles is 1. The number of halogens is 1. The van der Waals surface area contributed by atoms with Crippen LogP contribution in [0.4, 0.5) is 5.69 Å². The number of hydrogen-bond donors (Lipinski definition) is 0. The molecule has 1 saturated heterocycles. The van der Waals surface area contributed by atoms with Gasteiger partial charge < -0.3 is 0 Å².